The van der Waals surface area contributed by atoms with E-state index in [0.29, 0.717) is 17.3 Å². The lowest BCUT2D eigenvalue weighted by atomic mass is 10.2. The van der Waals surface area contributed by atoms with Crippen LogP contribution in [0.4, 0.5) is 17.2 Å². The molecule has 2 N–H and O–H groups in total. The van der Waals surface area contributed by atoms with E-state index in [9.17, 15) is 4.79 Å². The average Bonchev–Trinajstić information content (AvgIpc) is 2.93. The van der Waals surface area contributed by atoms with E-state index in [1.54, 1.807) is 24.3 Å². The molecule has 7 heteroatoms. The summed E-state index contributed by atoms with van der Waals surface area (Å²) in [4.78, 5) is 20.3. The zero-order valence-electron chi connectivity index (χ0n) is 13.6. The molecule has 5 nitrogen and oxygen atoms in total. The highest BCUT2D eigenvalue weighted by Gasteiger charge is 2.11. The summed E-state index contributed by atoms with van der Waals surface area (Å²) < 4.78 is 0.969. The molecule has 0 saturated carbocycles. The number of aryl methyl sites for hydroxylation is 2. The van der Waals surface area contributed by atoms with E-state index in [0.717, 1.165) is 32.3 Å². The molecule has 3 rings (SSSR count). The minimum atomic E-state index is -0.0586. The predicted octanol–water partition coefficient (Wildman–Crippen LogP) is 5.05. The Bertz CT molecular complexity index is 922. The second-order valence-electron chi connectivity index (χ2n) is 5.36. The first-order chi connectivity index (χ1) is 11.5. The van der Waals surface area contributed by atoms with Gasteiger partial charge in [-0.05, 0) is 38.1 Å². The Kier molecular flexibility index (Phi) is 4.69. The largest absolute Gasteiger partial charge is 0.353 e. The van der Waals surface area contributed by atoms with Crippen LogP contribution in [0.1, 0.15) is 24.0 Å². The van der Waals surface area contributed by atoms with Gasteiger partial charge in [0.2, 0.25) is 5.91 Å². The number of benzene rings is 1. The van der Waals surface area contributed by atoms with Crippen molar-refractivity contribution in [3.05, 3.63) is 40.0 Å². The summed E-state index contributed by atoms with van der Waals surface area (Å²) >= 11 is 8.08. The number of rotatable bonds is 4. The molecule has 124 valence electrons. The van der Waals surface area contributed by atoms with Gasteiger partial charge in [-0.15, -0.1) is 11.3 Å². The monoisotopic (exact) mass is 360 g/mol. The van der Waals surface area contributed by atoms with Gasteiger partial charge in [0, 0.05) is 6.42 Å². The summed E-state index contributed by atoms with van der Waals surface area (Å²) in [7, 11) is 0. The number of pyridine rings is 1. The number of nitrogens with zero attached hydrogens (tertiary/aromatic N) is 2. The van der Waals surface area contributed by atoms with Gasteiger partial charge >= 0.3 is 0 Å². The molecule has 0 bridgehead atoms. The van der Waals surface area contributed by atoms with Crippen LogP contribution < -0.4 is 10.6 Å². The molecule has 1 aromatic carbocycles. The summed E-state index contributed by atoms with van der Waals surface area (Å²) in [6.45, 7) is 5.65. The highest BCUT2D eigenvalue weighted by atomic mass is 35.5. The summed E-state index contributed by atoms with van der Waals surface area (Å²) in [5.74, 6) is 0.487. The number of halogens is 1. The molecule has 3 aromatic rings. The number of carbonyl (C=O) groups is 1. The quantitative estimate of drug-likeness (QED) is 0.682. The maximum Gasteiger partial charge on any atom is 0.225 e. The molecule has 2 aromatic heterocycles. The van der Waals surface area contributed by atoms with Crippen LogP contribution in [0, 0.1) is 13.8 Å². The first kappa shape index (κ1) is 16.7. The van der Waals surface area contributed by atoms with Crippen molar-refractivity contribution in [2.24, 2.45) is 0 Å². The molecule has 0 atom stereocenters. The van der Waals surface area contributed by atoms with E-state index in [1.165, 1.54) is 0 Å². The highest BCUT2D eigenvalue weighted by molar-refractivity contribution is 7.19. The first-order valence-electron chi connectivity index (χ1n) is 7.58. The Labute approximate surface area is 149 Å². The lowest BCUT2D eigenvalue weighted by Crippen LogP contribution is -2.11. The van der Waals surface area contributed by atoms with Gasteiger partial charge in [0.25, 0.3) is 0 Å². The molecule has 0 saturated heterocycles. The maximum absolute atomic E-state index is 11.5. The van der Waals surface area contributed by atoms with Gasteiger partial charge in [-0.2, -0.15) is 0 Å². The van der Waals surface area contributed by atoms with Crippen molar-refractivity contribution >= 4 is 56.3 Å². The van der Waals surface area contributed by atoms with Crippen molar-refractivity contribution in [3.63, 3.8) is 0 Å². The van der Waals surface area contributed by atoms with Crippen molar-refractivity contribution in [3.8, 4) is 0 Å². The second-order valence-corrected chi connectivity index (χ2v) is 6.95. The molecule has 0 fully saturated rings. The maximum atomic E-state index is 11.5. The Hall–Kier alpha value is -2.18. The van der Waals surface area contributed by atoms with Gasteiger partial charge in [-0.3, -0.25) is 4.79 Å². The van der Waals surface area contributed by atoms with Crippen LogP contribution in [0.15, 0.2) is 24.3 Å². The van der Waals surface area contributed by atoms with E-state index < -0.39 is 0 Å². The van der Waals surface area contributed by atoms with Crippen LogP contribution >= 0.6 is 22.9 Å². The van der Waals surface area contributed by atoms with Crippen molar-refractivity contribution < 1.29 is 4.79 Å². The zero-order valence-corrected chi connectivity index (χ0v) is 15.2. The predicted molar refractivity (Wildman–Crippen MR) is 101 cm³/mol. The molecule has 1 amide bonds. The molecule has 0 radical (unpaired) electrons. The topological polar surface area (TPSA) is 66.9 Å². The minimum Gasteiger partial charge on any atom is -0.353 e. The van der Waals surface area contributed by atoms with Crippen LogP contribution in [0.2, 0.25) is 5.02 Å². The lowest BCUT2D eigenvalue weighted by Gasteiger charge is -2.12. The third-order valence-corrected chi connectivity index (χ3v) is 5.06. The molecule has 0 aliphatic heterocycles. The van der Waals surface area contributed by atoms with E-state index in [2.05, 4.69) is 20.6 Å². The normalized spacial score (nSPS) is 10.8. The van der Waals surface area contributed by atoms with Crippen molar-refractivity contribution in [2.75, 3.05) is 10.6 Å². The smallest absolute Gasteiger partial charge is 0.225 e. The SMILES string of the molecule is CCC(=O)Nc1ccc(Nc2ccc3nc(C)sc3c2Cl)c(C)n1. The number of aromatic nitrogens is 2. The second kappa shape index (κ2) is 6.75. The van der Waals surface area contributed by atoms with Gasteiger partial charge in [0.15, 0.2) is 0 Å². The number of thiazole rings is 1. The van der Waals surface area contributed by atoms with E-state index in [-0.39, 0.29) is 5.91 Å². The number of hydrogen-bond acceptors (Lipinski definition) is 5. The summed E-state index contributed by atoms with van der Waals surface area (Å²) in [5, 5.41) is 7.70. The first-order valence-corrected chi connectivity index (χ1v) is 8.77. The number of anilines is 3. The minimum absolute atomic E-state index is 0.0586. The fourth-order valence-electron chi connectivity index (χ4n) is 2.31. The number of amides is 1. The van der Waals surface area contributed by atoms with Crippen molar-refractivity contribution in [2.45, 2.75) is 27.2 Å². The summed E-state index contributed by atoms with van der Waals surface area (Å²) in [6, 6.07) is 7.51. The van der Waals surface area contributed by atoms with E-state index in [4.69, 9.17) is 11.6 Å². The molecule has 0 aliphatic rings. The van der Waals surface area contributed by atoms with Gasteiger partial charge in [0.1, 0.15) is 5.82 Å². The Morgan fingerprint density at radius 2 is 1.92 bits per heavy atom. The van der Waals surface area contributed by atoms with E-state index >= 15 is 0 Å². The number of carbonyl (C=O) groups excluding carboxylic acids is 1. The lowest BCUT2D eigenvalue weighted by molar-refractivity contribution is -0.115. The number of fused-ring (bicyclic) bond motifs is 1. The van der Waals surface area contributed by atoms with Crippen molar-refractivity contribution in [1.82, 2.24) is 9.97 Å². The molecule has 0 aliphatic carbocycles. The van der Waals surface area contributed by atoms with Crippen LogP contribution in [0.5, 0.6) is 0 Å². The molecular weight excluding hydrogens is 344 g/mol. The zero-order chi connectivity index (χ0) is 17.3. The molecule has 0 unspecified atom stereocenters. The molecule has 24 heavy (non-hydrogen) atoms. The van der Waals surface area contributed by atoms with Gasteiger partial charge in [-0.25, -0.2) is 9.97 Å². The third kappa shape index (κ3) is 3.34. The Morgan fingerprint density at radius 3 is 2.62 bits per heavy atom. The highest BCUT2D eigenvalue weighted by Crippen LogP contribution is 2.36. The Balaban J connectivity index is 1.88. The van der Waals surface area contributed by atoms with Crippen LogP contribution in [-0.2, 0) is 4.79 Å². The molecule has 0 spiro atoms. The molecule has 2 heterocycles. The number of hydrogen-bond donors (Lipinski definition) is 2. The van der Waals surface area contributed by atoms with Crippen LogP contribution in [0.25, 0.3) is 10.2 Å². The fourth-order valence-corrected chi connectivity index (χ4v) is 3.49. The van der Waals surface area contributed by atoms with Crippen LogP contribution in [-0.4, -0.2) is 15.9 Å². The van der Waals surface area contributed by atoms with Crippen LogP contribution in [0.3, 0.4) is 0 Å². The van der Waals surface area contributed by atoms with Crippen molar-refractivity contribution in [1.29, 1.82) is 0 Å². The number of nitrogens with one attached hydrogen (secondary N) is 2. The third-order valence-electron chi connectivity index (χ3n) is 3.55. The van der Waals surface area contributed by atoms with E-state index in [1.807, 2.05) is 32.0 Å². The summed E-state index contributed by atoms with van der Waals surface area (Å²) in [6.07, 6.45) is 0.421. The summed E-state index contributed by atoms with van der Waals surface area (Å²) in [5.41, 5.74) is 3.33. The average molecular weight is 361 g/mol. The van der Waals surface area contributed by atoms with Gasteiger partial charge < -0.3 is 10.6 Å². The van der Waals surface area contributed by atoms with Gasteiger partial charge in [-0.1, -0.05) is 18.5 Å². The standard InChI is InChI=1S/C17H17ClN4OS/c1-4-15(23)22-14-8-7-11(9(2)19-14)21-12-5-6-13-17(16(12)18)24-10(3)20-13/h5-8,21H,4H2,1-3H3,(H,19,22,23). The Morgan fingerprint density at radius 1 is 1.17 bits per heavy atom. The fraction of sp³-hybridized carbons (Fsp3) is 0.235. The van der Waals surface area contributed by atoms with Gasteiger partial charge in [0.05, 0.1) is 37.3 Å². The molecular formula is C17H17ClN4OS.